The van der Waals surface area contributed by atoms with Crippen LogP contribution in [0.1, 0.15) is 109 Å². The molecule has 8 rings (SSSR count). The number of nitrogens with zero attached hydrogens (tertiary/aromatic N) is 6. The Morgan fingerprint density at radius 3 is 2.30 bits per heavy atom. The lowest BCUT2D eigenvalue weighted by molar-refractivity contribution is -0.144. The third kappa shape index (κ3) is 12.4. The lowest BCUT2D eigenvalue weighted by Gasteiger charge is -2.35. The summed E-state index contributed by atoms with van der Waals surface area (Å²) in [6.07, 6.45) is 1.28. The molecule has 15 nitrogen and oxygen atoms in total. The zero-order chi connectivity index (χ0) is 52.0. The van der Waals surface area contributed by atoms with E-state index in [1.165, 1.54) is 4.88 Å². The van der Waals surface area contributed by atoms with Crippen LogP contribution in [0.15, 0.2) is 83.3 Å². The van der Waals surface area contributed by atoms with Gasteiger partial charge in [0.2, 0.25) is 23.6 Å². The van der Waals surface area contributed by atoms with E-state index >= 15 is 0 Å². The third-order valence-electron chi connectivity index (χ3n) is 13.0. The SMILES string of the molecule is Cc1ncsc1-c1ccc(CNC(=O)[C@@H]2CCCN2C(=O)C(NC(=O)COCC#CCOc2ccc([C@@H](C)NC(=O)C[C@@H]3N=C(c4ccc(Cl)cc4)c4c(sc(C)c4C)-n4c(C)nnc43)cc2)C(C)(C)C)cc1. The second kappa shape index (κ2) is 23.0. The number of carbonyl (C=O) groups excluding carboxylic acids is 4. The van der Waals surface area contributed by atoms with Gasteiger partial charge in [0.25, 0.3) is 0 Å². The van der Waals surface area contributed by atoms with Crippen molar-refractivity contribution >= 4 is 63.6 Å². The number of aryl methyl sites for hydroxylation is 3. The second-order valence-electron chi connectivity index (χ2n) is 19.3. The fourth-order valence-corrected chi connectivity index (χ4v) is 11.1. The van der Waals surface area contributed by atoms with Crippen molar-refractivity contribution < 1.29 is 28.7 Å². The minimum Gasteiger partial charge on any atom is -0.481 e. The van der Waals surface area contributed by atoms with E-state index in [9.17, 15) is 19.2 Å². The van der Waals surface area contributed by atoms with Crippen LogP contribution in [0.2, 0.25) is 5.02 Å². The number of likely N-dealkylation sites (tertiary alicyclic amines) is 1. The van der Waals surface area contributed by atoms with Gasteiger partial charge in [-0.2, -0.15) is 0 Å². The van der Waals surface area contributed by atoms with Crippen LogP contribution in [-0.2, 0) is 30.5 Å². The molecule has 2 aliphatic rings. The Hall–Kier alpha value is -6.71. The molecular formula is C55H60ClN9O6S2. The summed E-state index contributed by atoms with van der Waals surface area (Å²) in [7, 11) is 0. The van der Waals surface area contributed by atoms with Crippen molar-refractivity contribution in [3.05, 3.63) is 133 Å². The van der Waals surface area contributed by atoms with E-state index in [0.29, 0.717) is 42.5 Å². The molecule has 1 fully saturated rings. The van der Waals surface area contributed by atoms with Gasteiger partial charge in [0.15, 0.2) is 5.82 Å². The Labute approximate surface area is 439 Å². The second-order valence-corrected chi connectivity index (χ2v) is 21.8. The van der Waals surface area contributed by atoms with Crippen molar-refractivity contribution in [3.63, 3.8) is 0 Å². The number of nitrogens with one attached hydrogen (secondary N) is 3. The Morgan fingerprint density at radius 1 is 0.890 bits per heavy atom. The van der Waals surface area contributed by atoms with Crippen molar-refractivity contribution in [2.75, 3.05) is 26.4 Å². The highest BCUT2D eigenvalue weighted by Gasteiger charge is 2.42. The first-order valence-corrected chi connectivity index (χ1v) is 26.3. The number of aromatic nitrogens is 4. The first-order valence-electron chi connectivity index (χ1n) is 24.3. The number of fused-ring (bicyclic) bond motifs is 3. The van der Waals surface area contributed by atoms with Crippen LogP contribution in [0.5, 0.6) is 5.75 Å². The molecule has 3 aromatic heterocycles. The monoisotopic (exact) mass is 1040 g/mol. The maximum absolute atomic E-state index is 14.0. The molecule has 1 unspecified atom stereocenters. The van der Waals surface area contributed by atoms with Gasteiger partial charge in [0, 0.05) is 34.1 Å². The molecule has 380 valence electrons. The average molecular weight is 1040 g/mol. The smallest absolute Gasteiger partial charge is 0.246 e. The highest BCUT2D eigenvalue weighted by Crippen LogP contribution is 2.40. The van der Waals surface area contributed by atoms with Crippen molar-refractivity contribution in [2.24, 2.45) is 10.4 Å². The molecule has 4 amide bonds. The van der Waals surface area contributed by atoms with Gasteiger partial charge < -0.3 is 30.3 Å². The molecule has 0 aliphatic carbocycles. The number of carbonyl (C=O) groups is 4. The Balaban J connectivity index is 0.780. The van der Waals surface area contributed by atoms with Crippen LogP contribution in [0, 0.1) is 45.0 Å². The highest BCUT2D eigenvalue weighted by atomic mass is 35.5. The number of hydrogen-bond acceptors (Lipinski definition) is 12. The van der Waals surface area contributed by atoms with E-state index in [0.717, 1.165) is 60.5 Å². The zero-order valence-electron chi connectivity index (χ0n) is 42.3. The zero-order valence-corrected chi connectivity index (χ0v) is 44.7. The minimum absolute atomic E-state index is 0.0240. The number of amides is 4. The van der Waals surface area contributed by atoms with Crippen molar-refractivity contribution in [1.29, 1.82) is 0 Å². The van der Waals surface area contributed by atoms with Gasteiger partial charge in [-0.05, 0) is 99.4 Å². The number of benzene rings is 3. The molecule has 3 aromatic carbocycles. The van der Waals surface area contributed by atoms with Crippen LogP contribution in [0.4, 0.5) is 0 Å². The minimum atomic E-state index is -0.876. The predicted molar refractivity (Wildman–Crippen MR) is 285 cm³/mol. The maximum atomic E-state index is 14.0. The topological polar surface area (TPSA) is 182 Å². The van der Waals surface area contributed by atoms with Crippen LogP contribution in [0.3, 0.4) is 0 Å². The van der Waals surface area contributed by atoms with Crippen LogP contribution < -0.4 is 20.7 Å². The molecule has 0 saturated carbocycles. The van der Waals surface area contributed by atoms with Crippen LogP contribution in [0.25, 0.3) is 15.4 Å². The molecule has 0 bridgehead atoms. The molecule has 5 heterocycles. The summed E-state index contributed by atoms with van der Waals surface area (Å²) in [5.41, 5.74) is 8.89. The molecule has 73 heavy (non-hydrogen) atoms. The van der Waals surface area contributed by atoms with Gasteiger partial charge in [-0.3, -0.25) is 28.7 Å². The van der Waals surface area contributed by atoms with Gasteiger partial charge in [-0.1, -0.05) is 92.7 Å². The number of rotatable bonds is 16. The summed E-state index contributed by atoms with van der Waals surface area (Å²) < 4.78 is 13.4. The molecule has 2 aliphatic heterocycles. The molecule has 6 aromatic rings. The molecule has 0 spiro atoms. The average Bonchev–Trinajstić information content (AvgIpc) is 4.16. The number of halogens is 1. The standard InChI is InChI=1S/C55H60ClN9O6S2/c1-32-35(4)73-54-47(32)48(39-17-21-41(56)22-18-39)60-43(51-63-62-36(5)65(51)54)28-45(66)59-33(2)38-19-23-42(24-20-38)71-27-10-9-26-70-30-46(67)61-50(55(6,7)8)53(69)64-25-11-12-44(64)52(68)57-29-37-13-15-40(16-14-37)49-34(3)58-31-72-49/h13-24,31,33,43-44,50H,11-12,25-30H2,1-8H3,(H,57,68)(H,59,66)(H,61,67)/t33-,43+,44+,50?/m1/s1. The number of aliphatic imine (C=N–C) groups is 1. The van der Waals surface area contributed by atoms with Gasteiger partial charge in [0.05, 0.1) is 34.3 Å². The fourth-order valence-electron chi connectivity index (χ4n) is 8.94. The quantitative estimate of drug-likeness (QED) is 0.0631. The van der Waals surface area contributed by atoms with E-state index in [4.69, 9.17) is 26.1 Å². The van der Waals surface area contributed by atoms with E-state index in [1.54, 1.807) is 27.6 Å². The van der Waals surface area contributed by atoms with E-state index in [-0.39, 0.29) is 50.0 Å². The van der Waals surface area contributed by atoms with Crippen molar-refractivity contribution in [3.8, 4) is 33.0 Å². The summed E-state index contributed by atoms with van der Waals surface area (Å²) in [4.78, 5) is 67.6. The summed E-state index contributed by atoms with van der Waals surface area (Å²) in [5, 5.41) is 19.5. The molecule has 0 radical (unpaired) electrons. The summed E-state index contributed by atoms with van der Waals surface area (Å²) >= 11 is 9.52. The van der Waals surface area contributed by atoms with Gasteiger partial charge in [-0.25, -0.2) is 4.98 Å². The highest BCUT2D eigenvalue weighted by molar-refractivity contribution is 7.15. The van der Waals surface area contributed by atoms with E-state index in [1.807, 2.05) is 124 Å². The molecule has 18 heteroatoms. The summed E-state index contributed by atoms with van der Waals surface area (Å²) in [6.45, 7) is 16.1. The molecule has 1 saturated heterocycles. The lowest BCUT2D eigenvalue weighted by atomic mass is 9.85. The Kier molecular flexibility index (Phi) is 16.6. The number of ether oxygens (including phenoxy) is 2. The molecular weight excluding hydrogens is 982 g/mol. The number of thiophene rings is 1. The van der Waals surface area contributed by atoms with Crippen LogP contribution >= 0.6 is 34.3 Å². The normalized spacial score (nSPS) is 16.0. The first-order chi connectivity index (χ1) is 35.0. The molecule has 4 atom stereocenters. The van der Waals surface area contributed by atoms with E-state index < -0.39 is 29.4 Å². The third-order valence-corrected chi connectivity index (χ3v) is 15.4. The lowest BCUT2D eigenvalue weighted by Crippen LogP contribution is -2.58. The Bertz CT molecular complexity index is 3070. The van der Waals surface area contributed by atoms with Crippen molar-refractivity contribution in [1.82, 2.24) is 40.6 Å². The Morgan fingerprint density at radius 2 is 1.60 bits per heavy atom. The summed E-state index contributed by atoms with van der Waals surface area (Å²) in [6, 6.07) is 20.6. The largest absolute Gasteiger partial charge is 0.481 e. The fraction of sp³-hybridized carbons (Fsp3) is 0.382. The first kappa shape index (κ1) is 52.6. The predicted octanol–water partition coefficient (Wildman–Crippen LogP) is 8.74. The maximum Gasteiger partial charge on any atom is 0.246 e. The van der Waals surface area contributed by atoms with E-state index in [2.05, 4.69) is 56.8 Å². The number of thiazole rings is 1. The van der Waals surface area contributed by atoms with Crippen molar-refractivity contribution in [2.45, 2.75) is 105 Å². The number of hydrogen-bond donors (Lipinski definition) is 3. The molecule has 3 N–H and O–H groups in total. The summed E-state index contributed by atoms with van der Waals surface area (Å²) in [5.74, 6) is 6.52. The van der Waals surface area contributed by atoms with Gasteiger partial charge in [-0.15, -0.1) is 32.9 Å². The van der Waals surface area contributed by atoms with Crippen LogP contribution in [-0.4, -0.2) is 92.4 Å². The van der Waals surface area contributed by atoms with Gasteiger partial charge in [0.1, 0.15) is 54.5 Å². The van der Waals surface area contributed by atoms with Gasteiger partial charge >= 0.3 is 0 Å².